The van der Waals surface area contributed by atoms with Crippen LogP contribution in [0, 0.1) is 11.4 Å². The van der Waals surface area contributed by atoms with Crippen LogP contribution in [-0.4, -0.2) is 41.7 Å². The minimum Gasteiger partial charge on any atom is -0.481 e. The van der Waals surface area contributed by atoms with E-state index in [1.807, 2.05) is 0 Å². The molecule has 108 valence electrons. The summed E-state index contributed by atoms with van der Waals surface area (Å²) in [7, 11) is 0. The van der Waals surface area contributed by atoms with E-state index < -0.39 is 23.2 Å². The number of carbonyl (C=O) groups is 2. The van der Waals surface area contributed by atoms with Crippen LogP contribution in [0.1, 0.15) is 23.2 Å². The van der Waals surface area contributed by atoms with Crippen LogP contribution in [0.2, 0.25) is 0 Å². The molecule has 2 rings (SSSR count). The van der Waals surface area contributed by atoms with Gasteiger partial charge in [0, 0.05) is 37.6 Å². The van der Waals surface area contributed by atoms with Gasteiger partial charge in [0.05, 0.1) is 5.41 Å². The molecule has 0 spiro atoms. The van der Waals surface area contributed by atoms with Crippen molar-refractivity contribution in [1.82, 2.24) is 10.3 Å². The summed E-state index contributed by atoms with van der Waals surface area (Å²) in [6, 6.07) is 2.38. The number of rotatable bonds is 4. The van der Waals surface area contributed by atoms with Crippen LogP contribution in [0.4, 0.5) is 4.39 Å². The highest BCUT2D eigenvalue weighted by Gasteiger charge is 2.40. The average molecular weight is 282 g/mol. The first kappa shape index (κ1) is 14.4. The first-order valence-electron chi connectivity index (χ1n) is 6.24. The monoisotopic (exact) mass is 282 g/mol. The van der Waals surface area contributed by atoms with Crippen molar-refractivity contribution < 1.29 is 23.8 Å². The maximum absolute atomic E-state index is 12.9. The predicted octanol–water partition coefficient (Wildman–Crippen LogP) is 0.832. The van der Waals surface area contributed by atoms with Crippen LogP contribution in [0.5, 0.6) is 0 Å². The summed E-state index contributed by atoms with van der Waals surface area (Å²) in [5, 5.41) is 11.9. The maximum Gasteiger partial charge on any atom is 0.311 e. The highest BCUT2D eigenvalue weighted by Crippen LogP contribution is 2.30. The molecular formula is C13H15FN2O4. The van der Waals surface area contributed by atoms with E-state index in [2.05, 4.69) is 10.3 Å². The van der Waals surface area contributed by atoms with Gasteiger partial charge in [0.15, 0.2) is 0 Å². The van der Waals surface area contributed by atoms with E-state index in [1.54, 1.807) is 0 Å². The molecule has 0 radical (unpaired) electrons. The molecule has 0 aromatic carbocycles. The molecule has 1 aliphatic rings. The Morgan fingerprint density at radius 2 is 2.15 bits per heavy atom. The largest absolute Gasteiger partial charge is 0.481 e. The number of carbonyl (C=O) groups excluding carboxylic acids is 1. The van der Waals surface area contributed by atoms with Gasteiger partial charge in [-0.15, -0.1) is 0 Å². The van der Waals surface area contributed by atoms with Gasteiger partial charge < -0.3 is 15.2 Å². The number of aromatic nitrogens is 1. The Labute approximate surface area is 115 Å². The lowest BCUT2D eigenvalue weighted by Gasteiger charge is -2.33. The quantitative estimate of drug-likeness (QED) is 0.799. The number of halogens is 1. The lowest BCUT2D eigenvalue weighted by Crippen LogP contribution is -2.46. The molecule has 1 amide bonds. The molecule has 1 aromatic heterocycles. The van der Waals surface area contributed by atoms with E-state index in [-0.39, 0.29) is 12.1 Å². The number of pyridine rings is 1. The maximum atomic E-state index is 12.9. The van der Waals surface area contributed by atoms with Crippen molar-refractivity contribution >= 4 is 11.9 Å². The predicted molar refractivity (Wildman–Crippen MR) is 66.7 cm³/mol. The van der Waals surface area contributed by atoms with E-state index in [0.29, 0.717) is 26.1 Å². The zero-order valence-corrected chi connectivity index (χ0v) is 10.8. The van der Waals surface area contributed by atoms with E-state index in [9.17, 15) is 19.1 Å². The molecule has 6 nitrogen and oxygen atoms in total. The fourth-order valence-electron chi connectivity index (χ4n) is 2.12. The minimum absolute atomic E-state index is 0.00549. The number of hydrogen-bond acceptors (Lipinski definition) is 4. The third kappa shape index (κ3) is 3.11. The van der Waals surface area contributed by atoms with Gasteiger partial charge in [0.1, 0.15) is 0 Å². The summed E-state index contributed by atoms with van der Waals surface area (Å²) in [6.45, 7) is 0.701. The fraction of sp³-hybridized carbons (Fsp3) is 0.462. The molecule has 20 heavy (non-hydrogen) atoms. The fourth-order valence-corrected chi connectivity index (χ4v) is 2.12. The van der Waals surface area contributed by atoms with Gasteiger partial charge >= 0.3 is 5.97 Å². The average Bonchev–Trinajstić information content (AvgIpc) is 2.45. The van der Waals surface area contributed by atoms with Crippen LogP contribution in [0.15, 0.2) is 18.3 Å². The number of carboxylic acids is 1. The van der Waals surface area contributed by atoms with Crippen LogP contribution in [0.25, 0.3) is 0 Å². The van der Waals surface area contributed by atoms with Crippen LogP contribution < -0.4 is 5.32 Å². The second-order valence-electron chi connectivity index (χ2n) is 4.75. The highest BCUT2D eigenvalue weighted by molar-refractivity contribution is 5.94. The van der Waals surface area contributed by atoms with Gasteiger partial charge in [-0.2, -0.15) is 4.39 Å². The number of amides is 1. The molecule has 0 bridgehead atoms. The van der Waals surface area contributed by atoms with Crippen molar-refractivity contribution in [3.63, 3.8) is 0 Å². The lowest BCUT2D eigenvalue weighted by atomic mass is 9.80. The molecule has 2 heterocycles. The lowest BCUT2D eigenvalue weighted by molar-refractivity contribution is -0.154. The van der Waals surface area contributed by atoms with Gasteiger partial charge in [0.25, 0.3) is 5.91 Å². The van der Waals surface area contributed by atoms with Gasteiger partial charge in [-0.05, 0) is 18.9 Å². The summed E-state index contributed by atoms with van der Waals surface area (Å²) in [5.41, 5.74) is -0.899. The Morgan fingerprint density at radius 3 is 2.75 bits per heavy atom. The number of nitrogens with zero attached hydrogens (tertiary/aromatic N) is 1. The van der Waals surface area contributed by atoms with Gasteiger partial charge in [-0.1, -0.05) is 0 Å². The molecular weight excluding hydrogens is 267 g/mol. The number of aliphatic carboxylic acids is 1. The zero-order valence-electron chi connectivity index (χ0n) is 10.8. The van der Waals surface area contributed by atoms with E-state index in [0.717, 1.165) is 6.07 Å². The summed E-state index contributed by atoms with van der Waals surface area (Å²) < 4.78 is 18.1. The van der Waals surface area contributed by atoms with Gasteiger partial charge in [0.2, 0.25) is 5.95 Å². The van der Waals surface area contributed by atoms with E-state index in [1.165, 1.54) is 12.3 Å². The summed E-state index contributed by atoms with van der Waals surface area (Å²) in [4.78, 5) is 26.6. The number of ether oxygens (including phenoxy) is 1. The van der Waals surface area contributed by atoms with Crippen molar-refractivity contribution in [2.24, 2.45) is 5.41 Å². The van der Waals surface area contributed by atoms with Crippen molar-refractivity contribution in [2.45, 2.75) is 12.8 Å². The van der Waals surface area contributed by atoms with Crippen molar-refractivity contribution in [3.05, 3.63) is 29.8 Å². The van der Waals surface area contributed by atoms with Crippen LogP contribution in [0.3, 0.4) is 0 Å². The Kier molecular flexibility index (Phi) is 4.29. The van der Waals surface area contributed by atoms with Crippen LogP contribution >= 0.6 is 0 Å². The first-order valence-corrected chi connectivity index (χ1v) is 6.24. The van der Waals surface area contributed by atoms with E-state index >= 15 is 0 Å². The zero-order chi connectivity index (χ0) is 14.6. The molecule has 1 saturated heterocycles. The van der Waals surface area contributed by atoms with Gasteiger partial charge in [-0.25, -0.2) is 4.98 Å². The van der Waals surface area contributed by atoms with Crippen molar-refractivity contribution in [2.75, 3.05) is 19.8 Å². The Bertz CT molecular complexity index is 515. The summed E-state index contributed by atoms with van der Waals surface area (Å²) in [5.74, 6) is -2.22. The van der Waals surface area contributed by atoms with Crippen molar-refractivity contribution in [3.8, 4) is 0 Å². The van der Waals surface area contributed by atoms with Crippen LogP contribution in [-0.2, 0) is 9.53 Å². The molecule has 1 fully saturated rings. The molecule has 0 atom stereocenters. The Morgan fingerprint density at radius 1 is 1.45 bits per heavy atom. The molecule has 7 heteroatoms. The van der Waals surface area contributed by atoms with E-state index in [4.69, 9.17) is 4.74 Å². The third-order valence-corrected chi connectivity index (χ3v) is 3.48. The van der Waals surface area contributed by atoms with Crippen molar-refractivity contribution in [1.29, 1.82) is 0 Å². The Hall–Kier alpha value is -2.02. The molecule has 0 unspecified atom stereocenters. The van der Waals surface area contributed by atoms with Gasteiger partial charge in [-0.3, -0.25) is 9.59 Å². The topological polar surface area (TPSA) is 88.5 Å². The SMILES string of the molecule is O=C(NCC1(C(=O)O)CCOCC1)c1ccnc(F)c1. The smallest absolute Gasteiger partial charge is 0.311 e. The second-order valence-corrected chi connectivity index (χ2v) is 4.75. The molecule has 0 saturated carbocycles. The molecule has 1 aromatic rings. The number of nitrogens with one attached hydrogen (secondary N) is 1. The summed E-state index contributed by atoms with van der Waals surface area (Å²) >= 11 is 0. The Balaban J connectivity index is 2.02. The number of carboxylic acid groups (broad SMARTS) is 1. The molecule has 2 N–H and O–H groups in total. The normalized spacial score (nSPS) is 17.4. The number of hydrogen-bond donors (Lipinski definition) is 2. The minimum atomic E-state index is -1.01. The second kappa shape index (κ2) is 5.96. The first-order chi connectivity index (χ1) is 9.53. The summed E-state index contributed by atoms with van der Waals surface area (Å²) in [6.07, 6.45) is 1.87. The molecule has 1 aliphatic heterocycles. The third-order valence-electron chi connectivity index (χ3n) is 3.48. The molecule has 0 aliphatic carbocycles. The highest BCUT2D eigenvalue weighted by atomic mass is 19.1. The standard InChI is InChI=1S/C13H15FN2O4/c14-10-7-9(1-4-15-10)11(17)16-8-13(12(18)19)2-5-20-6-3-13/h1,4,7H,2-3,5-6,8H2,(H,16,17)(H,18,19).